The highest BCUT2D eigenvalue weighted by Crippen LogP contribution is 2.32. The summed E-state index contributed by atoms with van der Waals surface area (Å²) in [7, 11) is 0. The summed E-state index contributed by atoms with van der Waals surface area (Å²) in [4.78, 5) is 11.3. The molecule has 4 nitrogen and oxygen atoms in total. The molecule has 0 saturated carbocycles. The van der Waals surface area contributed by atoms with E-state index < -0.39 is 5.97 Å². The van der Waals surface area contributed by atoms with Gasteiger partial charge in [-0.05, 0) is 71.9 Å². The molecule has 0 unspecified atom stereocenters. The van der Waals surface area contributed by atoms with E-state index in [2.05, 4.69) is 32.9 Å². The standard InChI is InChI=1S/C22H30O4/c1-15(2)7-5-8-16(3)9-6-10-17(4)11-12-18-19(22(25)26)13-14-20(23)21(18)24/h7,9,11,13-14,23-24H,5-6,8,10,12H2,1-4H3,(H,25,26)/b16-9+,17-11+. The number of carboxylic acid groups (broad SMARTS) is 1. The van der Waals surface area contributed by atoms with Crippen molar-refractivity contribution in [1.29, 1.82) is 0 Å². The van der Waals surface area contributed by atoms with Gasteiger partial charge >= 0.3 is 5.97 Å². The van der Waals surface area contributed by atoms with Crippen LogP contribution in [0.2, 0.25) is 0 Å². The van der Waals surface area contributed by atoms with Gasteiger partial charge in [-0.3, -0.25) is 0 Å². The SMILES string of the molecule is CC(C)=CCC/C(C)=C/CC/C(C)=C/Cc1c(C(=O)O)ccc(O)c1O. The molecule has 0 heterocycles. The van der Waals surface area contributed by atoms with Crippen molar-refractivity contribution in [3.05, 3.63) is 58.2 Å². The molecule has 26 heavy (non-hydrogen) atoms. The molecule has 1 aromatic carbocycles. The zero-order valence-corrected chi connectivity index (χ0v) is 16.2. The number of allylic oxidation sites excluding steroid dienone is 6. The van der Waals surface area contributed by atoms with E-state index in [1.165, 1.54) is 23.3 Å². The molecule has 0 aliphatic carbocycles. The first kappa shape index (κ1) is 21.6. The monoisotopic (exact) mass is 358 g/mol. The minimum atomic E-state index is -1.11. The topological polar surface area (TPSA) is 77.8 Å². The van der Waals surface area contributed by atoms with Crippen molar-refractivity contribution in [3.63, 3.8) is 0 Å². The molecule has 0 fully saturated rings. The normalized spacial score (nSPS) is 12.2. The number of hydrogen-bond donors (Lipinski definition) is 3. The fourth-order valence-electron chi connectivity index (χ4n) is 2.65. The van der Waals surface area contributed by atoms with Gasteiger partial charge in [0.15, 0.2) is 11.5 Å². The third-order valence-electron chi connectivity index (χ3n) is 4.27. The molecule has 0 amide bonds. The van der Waals surface area contributed by atoms with Crippen LogP contribution in [0.25, 0.3) is 0 Å². The highest BCUT2D eigenvalue weighted by Gasteiger charge is 2.16. The second-order valence-corrected chi connectivity index (χ2v) is 6.93. The molecule has 142 valence electrons. The van der Waals surface area contributed by atoms with Crippen LogP contribution in [0.4, 0.5) is 0 Å². The third-order valence-corrected chi connectivity index (χ3v) is 4.27. The molecular formula is C22H30O4. The lowest BCUT2D eigenvalue weighted by Gasteiger charge is -2.09. The van der Waals surface area contributed by atoms with Gasteiger partial charge in [-0.1, -0.05) is 34.9 Å². The first-order chi connectivity index (χ1) is 12.2. The highest BCUT2D eigenvalue weighted by molar-refractivity contribution is 5.90. The number of aromatic carboxylic acids is 1. The molecule has 0 aromatic heterocycles. The van der Waals surface area contributed by atoms with Crippen molar-refractivity contribution in [1.82, 2.24) is 0 Å². The Kier molecular flexibility index (Phi) is 8.70. The number of hydrogen-bond acceptors (Lipinski definition) is 3. The van der Waals surface area contributed by atoms with Crippen molar-refractivity contribution in [2.24, 2.45) is 0 Å². The van der Waals surface area contributed by atoms with Crippen molar-refractivity contribution in [2.45, 2.75) is 59.8 Å². The molecule has 0 aliphatic rings. The summed E-state index contributed by atoms with van der Waals surface area (Å²) in [5.74, 6) is -1.77. The van der Waals surface area contributed by atoms with Crippen molar-refractivity contribution in [3.8, 4) is 11.5 Å². The fraction of sp³-hybridized carbons (Fsp3) is 0.409. The number of aromatic hydroxyl groups is 2. The molecular weight excluding hydrogens is 328 g/mol. The maximum Gasteiger partial charge on any atom is 0.336 e. The average Bonchev–Trinajstić information content (AvgIpc) is 2.55. The average molecular weight is 358 g/mol. The summed E-state index contributed by atoms with van der Waals surface area (Å²) >= 11 is 0. The van der Waals surface area contributed by atoms with Crippen LogP contribution in [0, 0.1) is 0 Å². The van der Waals surface area contributed by atoms with E-state index in [4.69, 9.17) is 0 Å². The molecule has 3 N–H and O–H groups in total. The predicted octanol–water partition coefficient (Wildman–Crippen LogP) is 5.76. The molecule has 4 heteroatoms. The van der Waals surface area contributed by atoms with Gasteiger partial charge in [-0.25, -0.2) is 4.79 Å². The highest BCUT2D eigenvalue weighted by atomic mass is 16.4. The molecule has 0 atom stereocenters. The summed E-state index contributed by atoms with van der Waals surface area (Å²) in [6.07, 6.45) is 10.6. The number of carboxylic acids is 1. The molecule has 0 bridgehead atoms. The molecule has 0 saturated heterocycles. The Bertz CT molecular complexity index is 720. The van der Waals surface area contributed by atoms with E-state index in [1.54, 1.807) is 0 Å². The molecule has 1 aromatic rings. The van der Waals surface area contributed by atoms with Gasteiger partial charge in [-0.15, -0.1) is 0 Å². The van der Waals surface area contributed by atoms with Crippen LogP contribution >= 0.6 is 0 Å². The predicted molar refractivity (Wildman–Crippen MR) is 106 cm³/mol. The van der Waals surface area contributed by atoms with Gasteiger partial charge in [0.05, 0.1) is 5.56 Å². The second kappa shape index (κ2) is 10.5. The summed E-state index contributed by atoms with van der Waals surface area (Å²) in [6, 6.07) is 2.51. The van der Waals surface area contributed by atoms with Crippen LogP contribution in [-0.2, 0) is 6.42 Å². The van der Waals surface area contributed by atoms with Crippen LogP contribution in [-0.4, -0.2) is 21.3 Å². The molecule has 0 radical (unpaired) electrons. The van der Waals surface area contributed by atoms with Gasteiger partial charge in [0.25, 0.3) is 0 Å². The quantitative estimate of drug-likeness (QED) is 0.387. The van der Waals surface area contributed by atoms with Gasteiger partial charge < -0.3 is 15.3 Å². The van der Waals surface area contributed by atoms with E-state index in [0.29, 0.717) is 0 Å². The summed E-state index contributed by atoms with van der Waals surface area (Å²) < 4.78 is 0. The van der Waals surface area contributed by atoms with Gasteiger partial charge in [0, 0.05) is 5.56 Å². The largest absolute Gasteiger partial charge is 0.504 e. The Balaban J connectivity index is 2.66. The lowest BCUT2D eigenvalue weighted by molar-refractivity contribution is 0.0695. The number of phenols is 2. The zero-order valence-electron chi connectivity index (χ0n) is 16.2. The summed E-state index contributed by atoms with van der Waals surface area (Å²) in [5, 5.41) is 28.8. The number of carbonyl (C=O) groups is 1. The van der Waals surface area contributed by atoms with Crippen LogP contribution < -0.4 is 0 Å². The maximum atomic E-state index is 11.3. The smallest absolute Gasteiger partial charge is 0.336 e. The van der Waals surface area contributed by atoms with Gasteiger partial charge in [0.2, 0.25) is 0 Å². The second-order valence-electron chi connectivity index (χ2n) is 6.93. The first-order valence-corrected chi connectivity index (χ1v) is 8.94. The van der Waals surface area contributed by atoms with Crippen LogP contribution in [0.1, 0.15) is 69.3 Å². The lowest BCUT2D eigenvalue weighted by atomic mass is 10.00. The Hall–Kier alpha value is -2.49. The Morgan fingerprint density at radius 2 is 1.50 bits per heavy atom. The van der Waals surface area contributed by atoms with Crippen molar-refractivity contribution >= 4 is 5.97 Å². The van der Waals surface area contributed by atoms with E-state index in [-0.39, 0.29) is 29.0 Å². The van der Waals surface area contributed by atoms with E-state index in [1.807, 2.05) is 13.0 Å². The fourth-order valence-corrected chi connectivity index (χ4v) is 2.65. The number of phenolic OH excluding ortho intramolecular Hbond substituents is 2. The van der Waals surface area contributed by atoms with Gasteiger partial charge in [-0.2, -0.15) is 0 Å². The minimum absolute atomic E-state index is 0.0133. The Morgan fingerprint density at radius 3 is 2.08 bits per heavy atom. The van der Waals surface area contributed by atoms with E-state index in [0.717, 1.165) is 31.3 Å². The van der Waals surface area contributed by atoms with E-state index >= 15 is 0 Å². The van der Waals surface area contributed by atoms with Crippen LogP contribution in [0.3, 0.4) is 0 Å². The zero-order chi connectivity index (χ0) is 19.7. The van der Waals surface area contributed by atoms with Crippen LogP contribution in [0.5, 0.6) is 11.5 Å². The van der Waals surface area contributed by atoms with E-state index in [9.17, 15) is 20.1 Å². The first-order valence-electron chi connectivity index (χ1n) is 8.94. The third kappa shape index (κ3) is 7.18. The molecule has 0 spiro atoms. The van der Waals surface area contributed by atoms with Crippen molar-refractivity contribution < 1.29 is 20.1 Å². The Labute approximate surface area is 156 Å². The van der Waals surface area contributed by atoms with Crippen molar-refractivity contribution in [2.75, 3.05) is 0 Å². The van der Waals surface area contributed by atoms with Crippen LogP contribution in [0.15, 0.2) is 47.1 Å². The number of rotatable bonds is 9. The Morgan fingerprint density at radius 1 is 0.923 bits per heavy atom. The summed E-state index contributed by atoms with van der Waals surface area (Å²) in [5.41, 5.74) is 4.09. The lowest BCUT2D eigenvalue weighted by Crippen LogP contribution is -2.02. The maximum absolute atomic E-state index is 11.3. The molecule has 0 aliphatic heterocycles. The minimum Gasteiger partial charge on any atom is -0.504 e. The number of benzene rings is 1. The molecule has 1 rings (SSSR count). The summed E-state index contributed by atoms with van der Waals surface area (Å²) in [6.45, 7) is 8.34. The van der Waals surface area contributed by atoms with Gasteiger partial charge in [0.1, 0.15) is 0 Å².